The van der Waals surface area contributed by atoms with Crippen molar-refractivity contribution >= 4 is 15.9 Å². The van der Waals surface area contributed by atoms with Gasteiger partial charge in [0.2, 0.25) is 15.9 Å². The zero-order chi connectivity index (χ0) is 11.3. The standard InChI is InChI=1S/C8H17N3O3S/c9-15(13,14)6-5-10-4-3-8(12)11-7-1-2-7/h7,10H,1-6H2,(H,11,12)(H2,9,13,14). The summed E-state index contributed by atoms with van der Waals surface area (Å²) in [6, 6.07) is 0.377. The minimum atomic E-state index is -3.40. The van der Waals surface area contributed by atoms with E-state index >= 15 is 0 Å². The van der Waals surface area contributed by atoms with Crippen molar-refractivity contribution in [3.05, 3.63) is 0 Å². The van der Waals surface area contributed by atoms with Gasteiger partial charge in [0, 0.05) is 25.6 Å². The van der Waals surface area contributed by atoms with Crippen molar-refractivity contribution in [1.82, 2.24) is 10.6 Å². The average molecular weight is 235 g/mol. The first-order chi connectivity index (χ1) is 6.97. The van der Waals surface area contributed by atoms with Gasteiger partial charge in [-0.25, -0.2) is 13.6 Å². The summed E-state index contributed by atoms with van der Waals surface area (Å²) in [5.74, 6) is -0.0855. The van der Waals surface area contributed by atoms with Crippen molar-refractivity contribution in [2.75, 3.05) is 18.8 Å². The quantitative estimate of drug-likeness (QED) is 0.469. The van der Waals surface area contributed by atoms with Crippen molar-refractivity contribution in [2.24, 2.45) is 5.14 Å². The van der Waals surface area contributed by atoms with Crippen LogP contribution in [0.15, 0.2) is 0 Å². The number of hydrogen-bond donors (Lipinski definition) is 3. The first kappa shape index (κ1) is 12.4. The lowest BCUT2D eigenvalue weighted by Crippen LogP contribution is -2.32. The fraction of sp³-hybridized carbons (Fsp3) is 0.875. The Morgan fingerprint density at radius 2 is 2.00 bits per heavy atom. The Bertz CT molecular complexity index is 311. The third kappa shape index (κ3) is 7.29. The summed E-state index contributed by atoms with van der Waals surface area (Å²) < 4.78 is 21.1. The zero-order valence-corrected chi connectivity index (χ0v) is 9.35. The van der Waals surface area contributed by atoms with Gasteiger partial charge in [0.05, 0.1) is 5.75 Å². The third-order valence-corrected chi connectivity index (χ3v) is 2.81. The molecule has 0 aromatic heterocycles. The van der Waals surface area contributed by atoms with Gasteiger partial charge in [-0.1, -0.05) is 0 Å². The van der Waals surface area contributed by atoms with Crippen molar-refractivity contribution in [1.29, 1.82) is 0 Å². The molecule has 88 valence electrons. The molecule has 0 heterocycles. The van der Waals surface area contributed by atoms with Gasteiger partial charge in [-0.05, 0) is 12.8 Å². The molecule has 1 fully saturated rings. The molecule has 4 N–H and O–H groups in total. The topological polar surface area (TPSA) is 101 Å². The summed E-state index contributed by atoms with van der Waals surface area (Å²) in [7, 11) is -3.40. The molecule has 0 saturated heterocycles. The predicted octanol–water partition coefficient (Wildman–Crippen LogP) is -1.47. The van der Waals surface area contributed by atoms with E-state index in [9.17, 15) is 13.2 Å². The van der Waals surface area contributed by atoms with Crippen molar-refractivity contribution in [3.8, 4) is 0 Å². The summed E-state index contributed by atoms with van der Waals surface area (Å²) in [5, 5.41) is 10.5. The number of carbonyl (C=O) groups excluding carboxylic acids is 1. The summed E-state index contributed by atoms with van der Waals surface area (Å²) in [5.41, 5.74) is 0. The average Bonchev–Trinajstić information content (AvgIpc) is 2.85. The monoisotopic (exact) mass is 235 g/mol. The number of rotatable bonds is 7. The van der Waals surface area contributed by atoms with Crippen LogP contribution in [-0.4, -0.2) is 39.2 Å². The molecular formula is C8H17N3O3S. The van der Waals surface area contributed by atoms with Crippen LogP contribution in [0.25, 0.3) is 0 Å². The number of carbonyl (C=O) groups is 1. The fourth-order valence-electron chi connectivity index (χ4n) is 1.07. The number of nitrogens with two attached hydrogens (primary N) is 1. The minimum absolute atomic E-state index is 0.0144. The maximum atomic E-state index is 11.2. The van der Waals surface area contributed by atoms with Gasteiger partial charge >= 0.3 is 0 Å². The second kappa shape index (κ2) is 5.43. The molecular weight excluding hydrogens is 218 g/mol. The van der Waals surface area contributed by atoms with Crippen LogP contribution in [-0.2, 0) is 14.8 Å². The highest BCUT2D eigenvalue weighted by atomic mass is 32.2. The van der Waals surface area contributed by atoms with Gasteiger partial charge in [-0.3, -0.25) is 4.79 Å². The predicted molar refractivity (Wildman–Crippen MR) is 56.6 cm³/mol. The van der Waals surface area contributed by atoms with Crippen molar-refractivity contribution in [2.45, 2.75) is 25.3 Å². The lowest BCUT2D eigenvalue weighted by atomic mass is 10.4. The molecule has 1 aliphatic rings. The molecule has 7 heteroatoms. The highest BCUT2D eigenvalue weighted by Gasteiger charge is 2.22. The van der Waals surface area contributed by atoms with E-state index in [1.54, 1.807) is 0 Å². The van der Waals surface area contributed by atoms with Gasteiger partial charge in [-0.15, -0.1) is 0 Å². The maximum absolute atomic E-state index is 11.2. The normalized spacial score (nSPS) is 16.3. The molecule has 0 aromatic carbocycles. The summed E-state index contributed by atoms with van der Waals surface area (Å²) in [6.07, 6.45) is 2.52. The second-order valence-corrected chi connectivity index (χ2v) is 5.44. The van der Waals surface area contributed by atoms with Crippen LogP contribution in [0.1, 0.15) is 19.3 Å². The molecule has 1 amide bonds. The van der Waals surface area contributed by atoms with Crippen molar-refractivity contribution in [3.63, 3.8) is 0 Å². The van der Waals surface area contributed by atoms with Gasteiger partial charge in [0.1, 0.15) is 0 Å². The van der Waals surface area contributed by atoms with Crippen LogP contribution in [0.3, 0.4) is 0 Å². The number of hydrogen-bond acceptors (Lipinski definition) is 4. The molecule has 1 rings (SSSR count). The number of amides is 1. The van der Waals surface area contributed by atoms with Crippen LogP contribution in [0.4, 0.5) is 0 Å². The van der Waals surface area contributed by atoms with Crippen molar-refractivity contribution < 1.29 is 13.2 Å². The Balaban J connectivity index is 1.94. The third-order valence-electron chi connectivity index (χ3n) is 2.03. The lowest BCUT2D eigenvalue weighted by molar-refractivity contribution is -0.121. The van der Waals surface area contributed by atoms with Gasteiger partial charge in [0.25, 0.3) is 0 Å². The number of sulfonamides is 1. The zero-order valence-electron chi connectivity index (χ0n) is 8.53. The fourth-order valence-corrected chi connectivity index (χ4v) is 1.50. The minimum Gasteiger partial charge on any atom is -0.353 e. The number of primary sulfonamides is 1. The van der Waals surface area contributed by atoms with E-state index < -0.39 is 10.0 Å². The van der Waals surface area contributed by atoms with Gasteiger partial charge in [0.15, 0.2) is 0 Å². The van der Waals surface area contributed by atoms with E-state index in [2.05, 4.69) is 10.6 Å². The molecule has 0 atom stereocenters. The van der Waals surface area contributed by atoms with E-state index in [-0.39, 0.29) is 18.2 Å². The summed E-state index contributed by atoms with van der Waals surface area (Å²) >= 11 is 0. The molecule has 1 saturated carbocycles. The Morgan fingerprint density at radius 3 is 2.53 bits per heavy atom. The van der Waals surface area contributed by atoms with Crippen LogP contribution in [0.5, 0.6) is 0 Å². The Hall–Kier alpha value is -0.660. The highest BCUT2D eigenvalue weighted by molar-refractivity contribution is 7.89. The molecule has 0 radical (unpaired) electrons. The first-order valence-electron chi connectivity index (χ1n) is 4.98. The molecule has 0 aliphatic heterocycles. The highest BCUT2D eigenvalue weighted by Crippen LogP contribution is 2.18. The SMILES string of the molecule is NS(=O)(=O)CCNCCC(=O)NC1CC1. The largest absolute Gasteiger partial charge is 0.353 e. The van der Waals surface area contributed by atoms with E-state index in [1.165, 1.54) is 0 Å². The summed E-state index contributed by atoms with van der Waals surface area (Å²) in [6.45, 7) is 0.767. The molecule has 0 aromatic rings. The van der Waals surface area contributed by atoms with E-state index in [0.717, 1.165) is 12.8 Å². The summed E-state index contributed by atoms with van der Waals surface area (Å²) in [4.78, 5) is 11.2. The van der Waals surface area contributed by atoms with E-state index in [4.69, 9.17) is 5.14 Å². The molecule has 6 nitrogen and oxygen atoms in total. The first-order valence-corrected chi connectivity index (χ1v) is 6.69. The Morgan fingerprint density at radius 1 is 1.33 bits per heavy atom. The van der Waals surface area contributed by atoms with Crippen LogP contribution in [0.2, 0.25) is 0 Å². The van der Waals surface area contributed by atoms with Crippen LogP contribution >= 0.6 is 0 Å². The second-order valence-electron chi connectivity index (χ2n) is 3.71. The van der Waals surface area contributed by atoms with Crippen LogP contribution in [0, 0.1) is 0 Å². The molecule has 0 unspecified atom stereocenters. The Kier molecular flexibility index (Phi) is 4.49. The van der Waals surface area contributed by atoms with Gasteiger partial charge < -0.3 is 10.6 Å². The lowest BCUT2D eigenvalue weighted by Gasteiger charge is -2.04. The smallest absolute Gasteiger partial charge is 0.221 e. The van der Waals surface area contributed by atoms with Gasteiger partial charge in [-0.2, -0.15) is 0 Å². The number of nitrogens with one attached hydrogen (secondary N) is 2. The van der Waals surface area contributed by atoms with E-state index in [1.807, 2.05) is 0 Å². The molecule has 1 aliphatic carbocycles. The Labute approximate surface area is 89.6 Å². The molecule has 0 spiro atoms. The molecule has 15 heavy (non-hydrogen) atoms. The molecule has 0 bridgehead atoms. The van der Waals surface area contributed by atoms with Crippen LogP contribution < -0.4 is 15.8 Å². The maximum Gasteiger partial charge on any atom is 0.221 e. The van der Waals surface area contributed by atoms with E-state index in [0.29, 0.717) is 19.0 Å².